The van der Waals surface area contributed by atoms with Crippen molar-refractivity contribution in [1.29, 1.82) is 0 Å². The predicted molar refractivity (Wildman–Crippen MR) is 144 cm³/mol. The van der Waals surface area contributed by atoms with Gasteiger partial charge >= 0.3 is 0 Å². The Hall–Kier alpha value is -3.14. The summed E-state index contributed by atoms with van der Waals surface area (Å²) in [5.74, 6) is -1.76. The first-order valence-electron chi connectivity index (χ1n) is 11.2. The maximum atomic E-state index is 14.6. The van der Waals surface area contributed by atoms with E-state index in [1.54, 1.807) is 30.3 Å². The second-order valence-corrected chi connectivity index (χ2v) is 11.0. The number of sulfonamides is 1. The molecule has 0 bridgehead atoms. The number of nitrogens with zero attached hydrogens (tertiary/aromatic N) is 2. The number of halogens is 3. The van der Waals surface area contributed by atoms with Gasteiger partial charge < -0.3 is 10.2 Å². The molecule has 3 aromatic carbocycles. The smallest absolute Gasteiger partial charge is 0.244 e. The van der Waals surface area contributed by atoms with E-state index in [9.17, 15) is 22.4 Å². The van der Waals surface area contributed by atoms with Crippen molar-refractivity contribution in [3.05, 3.63) is 99.8 Å². The molecule has 0 aromatic heterocycles. The summed E-state index contributed by atoms with van der Waals surface area (Å²) >= 11 is 12.2. The molecule has 37 heavy (non-hydrogen) atoms. The van der Waals surface area contributed by atoms with Crippen LogP contribution in [0, 0.1) is 5.82 Å². The Bertz CT molecular complexity index is 1370. The molecule has 3 aromatic rings. The average molecular weight is 566 g/mol. The quantitative estimate of drug-likeness (QED) is 0.397. The fourth-order valence-corrected chi connectivity index (χ4v) is 5.23. The van der Waals surface area contributed by atoms with Gasteiger partial charge in [-0.3, -0.25) is 13.9 Å². The van der Waals surface area contributed by atoms with Crippen LogP contribution in [0.2, 0.25) is 10.0 Å². The number of amides is 2. The van der Waals surface area contributed by atoms with Gasteiger partial charge in [0.25, 0.3) is 0 Å². The van der Waals surface area contributed by atoms with Crippen molar-refractivity contribution >= 4 is 50.7 Å². The van der Waals surface area contributed by atoms with Gasteiger partial charge in [0.15, 0.2) is 0 Å². The Morgan fingerprint density at radius 3 is 2.24 bits per heavy atom. The molecule has 1 unspecified atom stereocenters. The van der Waals surface area contributed by atoms with E-state index in [-0.39, 0.29) is 34.3 Å². The monoisotopic (exact) mass is 565 g/mol. The molecular weight excluding hydrogens is 540 g/mol. The molecule has 0 saturated heterocycles. The van der Waals surface area contributed by atoms with E-state index in [1.165, 1.54) is 48.3 Å². The molecule has 11 heteroatoms. The number of carbonyl (C=O) groups is 2. The number of rotatable bonds is 10. The third-order valence-electron chi connectivity index (χ3n) is 5.67. The first-order chi connectivity index (χ1) is 17.5. The van der Waals surface area contributed by atoms with Gasteiger partial charge in [-0.05, 0) is 29.8 Å². The molecule has 0 spiro atoms. The molecule has 0 saturated carbocycles. The molecular formula is C26H26Cl2FN3O4S. The highest BCUT2D eigenvalue weighted by Crippen LogP contribution is 2.30. The van der Waals surface area contributed by atoms with Gasteiger partial charge in [0.2, 0.25) is 21.8 Å². The normalized spacial score (nSPS) is 12.0. The van der Waals surface area contributed by atoms with E-state index in [2.05, 4.69) is 5.32 Å². The lowest BCUT2D eigenvalue weighted by Gasteiger charge is -2.33. The van der Waals surface area contributed by atoms with Crippen molar-refractivity contribution in [2.45, 2.75) is 19.0 Å². The zero-order valence-electron chi connectivity index (χ0n) is 20.2. The van der Waals surface area contributed by atoms with Crippen LogP contribution in [0.3, 0.4) is 0 Å². The number of nitrogens with one attached hydrogen (secondary N) is 1. The minimum Gasteiger partial charge on any atom is -0.357 e. The van der Waals surface area contributed by atoms with Gasteiger partial charge in [-0.2, -0.15) is 0 Å². The minimum absolute atomic E-state index is 0.0264. The number of carbonyl (C=O) groups excluding carboxylic acids is 2. The summed E-state index contributed by atoms with van der Waals surface area (Å²) in [5, 5.41) is 2.87. The molecule has 1 atom stereocenters. The lowest BCUT2D eigenvalue weighted by Crippen LogP contribution is -2.53. The topological polar surface area (TPSA) is 86.8 Å². The van der Waals surface area contributed by atoms with Crippen LogP contribution in [0.25, 0.3) is 0 Å². The lowest BCUT2D eigenvalue weighted by molar-refractivity contribution is -0.139. The third-order valence-corrected chi connectivity index (χ3v) is 7.34. The van der Waals surface area contributed by atoms with E-state index >= 15 is 0 Å². The molecule has 0 radical (unpaired) electrons. The molecule has 0 aliphatic carbocycles. The molecule has 0 aliphatic rings. The first kappa shape index (κ1) is 28.4. The Labute approximate surface area is 225 Å². The standard InChI is InChI=1S/C26H26Cl2FN3O4S/c1-30-26(34)24(14-18-8-4-3-5-9-18)31(16-19-10-6-7-11-22(19)29)25(33)17-32(37(2,35)36)23-13-12-20(27)15-21(23)28/h3-13,15,24H,14,16-17H2,1-2H3,(H,30,34). The van der Waals surface area contributed by atoms with Gasteiger partial charge in [-0.25, -0.2) is 12.8 Å². The zero-order valence-corrected chi connectivity index (χ0v) is 22.5. The molecule has 196 valence electrons. The van der Waals surface area contributed by atoms with Crippen LogP contribution < -0.4 is 9.62 Å². The van der Waals surface area contributed by atoms with E-state index in [0.29, 0.717) is 0 Å². The van der Waals surface area contributed by atoms with Gasteiger partial charge in [0, 0.05) is 30.6 Å². The number of benzene rings is 3. The van der Waals surface area contributed by atoms with Crippen molar-refractivity contribution in [1.82, 2.24) is 10.2 Å². The number of hydrogen-bond donors (Lipinski definition) is 1. The molecule has 3 rings (SSSR count). The third kappa shape index (κ3) is 7.44. The Kier molecular flexibility index (Phi) is 9.53. The largest absolute Gasteiger partial charge is 0.357 e. The minimum atomic E-state index is -3.99. The number of likely N-dealkylation sites (N-methyl/N-ethyl adjacent to an activating group) is 1. The van der Waals surface area contributed by atoms with Crippen LogP contribution in [-0.4, -0.2) is 51.0 Å². The highest BCUT2D eigenvalue weighted by molar-refractivity contribution is 7.92. The van der Waals surface area contributed by atoms with Crippen LogP contribution in [-0.2, 0) is 32.6 Å². The van der Waals surface area contributed by atoms with Crippen molar-refractivity contribution in [3.63, 3.8) is 0 Å². The van der Waals surface area contributed by atoms with Crippen LogP contribution in [0.1, 0.15) is 11.1 Å². The Morgan fingerprint density at radius 1 is 1.00 bits per heavy atom. The summed E-state index contributed by atoms with van der Waals surface area (Å²) in [4.78, 5) is 28.0. The molecule has 7 nitrogen and oxygen atoms in total. The molecule has 0 heterocycles. The second-order valence-electron chi connectivity index (χ2n) is 8.30. The predicted octanol–water partition coefficient (Wildman–Crippen LogP) is 4.28. The SMILES string of the molecule is CNC(=O)C(Cc1ccccc1)N(Cc1ccccc1F)C(=O)CN(c1ccc(Cl)cc1Cl)S(C)(=O)=O. The van der Waals surface area contributed by atoms with Crippen molar-refractivity contribution in [3.8, 4) is 0 Å². The number of hydrogen-bond acceptors (Lipinski definition) is 4. The molecule has 2 amide bonds. The van der Waals surface area contributed by atoms with Crippen LogP contribution in [0.5, 0.6) is 0 Å². The van der Waals surface area contributed by atoms with E-state index in [4.69, 9.17) is 23.2 Å². The molecule has 0 fully saturated rings. The second kappa shape index (κ2) is 12.4. The summed E-state index contributed by atoms with van der Waals surface area (Å²) in [7, 11) is -2.56. The van der Waals surface area contributed by atoms with E-state index in [1.807, 2.05) is 6.07 Å². The van der Waals surface area contributed by atoms with Crippen LogP contribution in [0.15, 0.2) is 72.8 Å². The fraction of sp³-hybridized carbons (Fsp3) is 0.231. The van der Waals surface area contributed by atoms with E-state index in [0.717, 1.165) is 16.1 Å². The van der Waals surface area contributed by atoms with Crippen molar-refractivity contribution in [2.75, 3.05) is 24.2 Å². The maximum Gasteiger partial charge on any atom is 0.244 e. The van der Waals surface area contributed by atoms with E-state index < -0.39 is 40.2 Å². The van der Waals surface area contributed by atoms with Crippen molar-refractivity contribution in [2.24, 2.45) is 0 Å². The summed E-state index contributed by atoms with van der Waals surface area (Å²) in [6.45, 7) is -0.931. The first-order valence-corrected chi connectivity index (χ1v) is 13.8. The maximum absolute atomic E-state index is 14.6. The molecule has 1 N–H and O–H groups in total. The summed E-state index contributed by atoms with van der Waals surface area (Å²) in [6.07, 6.45) is 1.06. The van der Waals surface area contributed by atoms with Crippen LogP contribution in [0.4, 0.5) is 10.1 Å². The van der Waals surface area contributed by atoms with Gasteiger partial charge in [0.1, 0.15) is 18.4 Å². The summed E-state index contributed by atoms with van der Waals surface area (Å²) in [5.41, 5.74) is 0.990. The Balaban J connectivity index is 2.06. The fourth-order valence-electron chi connectivity index (χ4n) is 3.81. The van der Waals surface area contributed by atoms with Gasteiger partial charge in [0.05, 0.1) is 17.0 Å². The summed E-state index contributed by atoms with van der Waals surface area (Å²) < 4.78 is 40.9. The number of anilines is 1. The van der Waals surface area contributed by atoms with Gasteiger partial charge in [-0.15, -0.1) is 0 Å². The highest BCUT2D eigenvalue weighted by Gasteiger charge is 2.33. The van der Waals surface area contributed by atoms with Crippen LogP contribution >= 0.6 is 23.2 Å². The lowest BCUT2D eigenvalue weighted by atomic mass is 10.0. The zero-order chi connectivity index (χ0) is 27.2. The highest BCUT2D eigenvalue weighted by atomic mass is 35.5. The molecule has 0 aliphatic heterocycles. The van der Waals surface area contributed by atoms with Gasteiger partial charge in [-0.1, -0.05) is 71.7 Å². The average Bonchev–Trinajstić information content (AvgIpc) is 2.85. The Morgan fingerprint density at radius 2 is 1.65 bits per heavy atom. The summed E-state index contributed by atoms with van der Waals surface area (Å²) in [6, 6.07) is 18.1. The van der Waals surface area contributed by atoms with Crippen molar-refractivity contribution < 1.29 is 22.4 Å².